The molecule has 0 aromatic heterocycles. The number of rotatable bonds is 7. The van der Waals surface area contributed by atoms with Crippen LogP contribution >= 0.6 is 0 Å². The Morgan fingerprint density at radius 1 is 1.03 bits per heavy atom. The third-order valence-electron chi connectivity index (χ3n) is 6.76. The lowest BCUT2D eigenvalue weighted by molar-refractivity contribution is -0.142. The predicted molar refractivity (Wildman–Crippen MR) is 124 cm³/mol. The molecular formula is C26H30N2O5. The van der Waals surface area contributed by atoms with Crippen LogP contribution in [-0.2, 0) is 14.3 Å². The number of carboxylic acids is 1. The Balaban J connectivity index is 1.27. The fourth-order valence-electron chi connectivity index (χ4n) is 4.98. The average Bonchev–Trinajstić information content (AvgIpc) is 3.15. The molecule has 2 aliphatic rings. The Bertz CT molecular complexity index is 991. The van der Waals surface area contributed by atoms with E-state index in [1.807, 2.05) is 24.3 Å². The first-order chi connectivity index (χ1) is 15.9. The van der Waals surface area contributed by atoms with Gasteiger partial charge in [-0.3, -0.25) is 9.59 Å². The number of hydrogen-bond acceptors (Lipinski definition) is 4. The molecule has 0 aliphatic heterocycles. The van der Waals surface area contributed by atoms with Gasteiger partial charge in [-0.25, -0.2) is 4.79 Å². The molecule has 3 atom stereocenters. The monoisotopic (exact) mass is 450 g/mol. The number of fused-ring (bicyclic) bond motifs is 3. The van der Waals surface area contributed by atoms with Crippen LogP contribution in [0.4, 0.5) is 4.79 Å². The second kappa shape index (κ2) is 10.1. The van der Waals surface area contributed by atoms with Gasteiger partial charge < -0.3 is 20.5 Å². The molecule has 0 saturated heterocycles. The maximum Gasteiger partial charge on any atom is 0.407 e. The van der Waals surface area contributed by atoms with E-state index in [4.69, 9.17) is 9.84 Å². The summed E-state index contributed by atoms with van der Waals surface area (Å²) in [7, 11) is 0. The first-order valence-corrected chi connectivity index (χ1v) is 11.6. The molecule has 2 aromatic rings. The third-order valence-corrected chi connectivity index (χ3v) is 6.76. The van der Waals surface area contributed by atoms with Crippen molar-refractivity contribution in [3.63, 3.8) is 0 Å². The lowest BCUT2D eigenvalue weighted by Crippen LogP contribution is -2.43. The van der Waals surface area contributed by atoms with Crippen LogP contribution in [0.15, 0.2) is 48.5 Å². The standard InChI is InChI=1S/C26H30N2O5/c1-16(25(30)31)28-24(29)18-8-6-7-17(13-18)14-27-26(32)33-15-23-21-11-4-2-9-19(21)20-10-3-5-12-22(20)23/h2-5,9-12,16-18,23H,6-8,13-15H2,1H3,(H,27,32)(H,28,29)(H,30,31). The summed E-state index contributed by atoms with van der Waals surface area (Å²) in [6, 6.07) is 15.5. The first-order valence-electron chi connectivity index (χ1n) is 11.6. The summed E-state index contributed by atoms with van der Waals surface area (Å²) in [5.41, 5.74) is 4.71. The van der Waals surface area contributed by atoms with Crippen molar-refractivity contribution in [3.8, 4) is 11.1 Å². The van der Waals surface area contributed by atoms with Crippen LogP contribution in [0.25, 0.3) is 11.1 Å². The number of carbonyl (C=O) groups is 3. The molecule has 2 aliphatic carbocycles. The Hall–Kier alpha value is -3.35. The van der Waals surface area contributed by atoms with Gasteiger partial charge in [0.15, 0.2) is 0 Å². The van der Waals surface area contributed by atoms with Crippen LogP contribution < -0.4 is 10.6 Å². The van der Waals surface area contributed by atoms with E-state index >= 15 is 0 Å². The predicted octanol–water partition coefficient (Wildman–Crippen LogP) is 3.92. The fourth-order valence-corrected chi connectivity index (χ4v) is 4.98. The second-order valence-electron chi connectivity index (χ2n) is 9.00. The van der Waals surface area contributed by atoms with Crippen LogP contribution in [0.3, 0.4) is 0 Å². The van der Waals surface area contributed by atoms with E-state index in [-0.39, 0.29) is 30.3 Å². The highest BCUT2D eigenvalue weighted by molar-refractivity contribution is 5.84. The minimum absolute atomic E-state index is 0.0159. The van der Waals surface area contributed by atoms with Gasteiger partial charge in [0.2, 0.25) is 5.91 Å². The van der Waals surface area contributed by atoms with E-state index in [1.54, 1.807) is 0 Å². The van der Waals surface area contributed by atoms with Gasteiger partial charge in [0.25, 0.3) is 0 Å². The number of ether oxygens (including phenoxy) is 1. The third kappa shape index (κ3) is 5.18. The Morgan fingerprint density at radius 3 is 2.30 bits per heavy atom. The molecule has 3 unspecified atom stereocenters. The van der Waals surface area contributed by atoms with E-state index in [9.17, 15) is 14.4 Å². The molecule has 2 aromatic carbocycles. The zero-order valence-electron chi connectivity index (χ0n) is 18.8. The SMILES string of the molecule is CC(NC(=O)C1CCCC(CNC(=O)OCC2c3ccccc3-c3ccccc32)C1)C(=O)O. The number of hydrogen-bond donors (Lipinski definition) is 3. The van der Waals surface area contributed by atoms with Gasteiger partial charge in [0.1, 0.15) is 12.6 Å². The molecule has 2 amide bonds. The lowest BCUT2D eigenvalue weighted by Gasteiger charge is -2.29. The van der Waals surface area contributed by atoms with Crippen molar-refractivity contribution in [3.05, 3.63) is 59.7 Å². The molecule has 0 bridgehead atoms. The van der Waals surface area contributed by atoms with Crippen LogP contribution in [0.5, 0.6) is 0 Å². The molecule has 0 heterocycles. The number of carboxylic acid groups (broad SMARTS) is 1. The molecule has 7 nitrogen and oxygen atoms in total. The zero-order valence-corrected chi connectivity index (χ0v) is 18.8. The molecule has 1 fully saturated rings. The maximum atomic E-state index is 12.4. The van der Waals surface area contributed by atoms with E-state index in [1.165, 1.54) is 29.2 Å². The largest absolute Gasteiger partial charge is 0.480 e. The number of nitrogens with one attached hydrogen (secondary N) is 2. The van der Waals surface area contributed by atoms with Crippen molar-refractivity contribution >= 4 is 18.0 Å². The topological polar surface area (TPSA) is 105 Å². The molecular weight excluding hydrogens is 420 g/mol. The zero-order chi connectivity index (χ0) is 23.4. The second-order valence-corrected chi connectivity index (χ2v) is 9.00. The number of alkyl carbamates (subject to hydrolysis) is 1. The van der Waals surface area contributed by atoms with Crippen molar-refractivity contribution in [2.75, 3.05) is 13.2 Å². The summed E-state index contributed by atoms with van der Waals surface area (Å²) in [6.45, 7) is 2.16. The normalized spacial score (nSPS) is 20.3. The highest BCUT2D eigenvalue weighted by Gasteiger charge is 2.31. The Kier molecular flexibility index (Phi) is 6.96. The first kappa shape index (κ1) is 22.8. The van der Waals surface area contributed by atoms with Gasteiger partial charge >= 0.3 is 12.1 Å². The number of aliphatic carboxylic acids is 1. The van der Waals surface area contributed by atoms with Gasteiger partial charge in [-0.1, -0.05) is 55.0 Å². The van der Waals surface area contributed by atoms with Crippen LogP contribution in [0.1, 0.15) is 49.7 Å². The molecule has 7 heteroatoms. The van der Waals surface area contributed by atoms with E-state index in [0.29, 0.717) is 13.0 Å². The molecule has 0 spiro atoms. The minimum Gasteiger partial charge on any atom is -0.480 e. The van der Waals surface area contributed by atoms with Gasteiger partial charge in [-0.2, -0.15) is 0 Å². The van der Waals surface area contributed by atoms with E-state index < -0.39 is 18.1 Å². The van der Waals surface area contributed by atoms with Crippen molar-refractivity contribution in [1.82, 2.24) is 10.6 Å². The van der Waals surface area contributed by atoms with Crippen LogP contribution in [0, 0.1) is 11.8 Å². The molecule has 3 N–H and O–H groups in total. The van der Waals surface area contributed by atoms with Gasteiger partial charge in [-0.15, -0.1) is 0 Å². The van der Waals surface area contributed by atoms with Crippen molar-refractivity contribution in [1.29, 1.82) is 0 Å². The Labute approximate surface area is 193 Å². The average molecular weight is 451 g/mol. The summed E-state index contributed by atoms with van der Waals surface area (Å²) in [4.78, 5) is 35.8. The number of carbonyl (C=O) groups excluding carboxylic acids is 2. The van der Waals surface area contributed by atoms with Crippen molar-refractivity contribution in [2.24, 2.45) is 11.8 Å². The van der Waals surface area contributed by atoms with E-state index in [0.717, 1.165) is 19.3 Å². The molecule has 33 heavy (non-hydrogen) atoms. The maximum absolute atomic E-state index is 12.4. The highest BCUT2D eigenvalue weighted by atomic mass is 16.5. The smallest absolute Gasteiger partial charge is 0.407 e. The van der Waals surface area contributed by atoms with E-state index in [2.05, 4.69) is 34.9 Å². The quantitative estimate of drug-likeness (QED) is 0.593. The summed E-state index contributed by atoms with van der Waals surface area (Å²) in [5.74, 6) is -1.32. The lowest BCUT2D eigenvalue weighted by atomic mass is 9.81. The minimum atomic E-state index is -1.05. The molecule has 174 valence electrons. The molecule has 4 rings (SSSR count). The summed E-state index contributed by atoms with van der Waals surface area (Å²) in [6.07, 6.45) is 2.70. The number of amides is 2. The number of benzene rings is 2. The highest BCUT2D eigenvalue weighted by Crippen LogP contribution is 2.44. The summed E-state index contributed by atoms with van der Waals surface area (Å²) in [5, 5.41) is 14.4. The van der Waals surface area contributed by atoms with Crippen molar-refractivity contribution in [2.45, 2.75) is 44.6 Å². The summed E-state index contributed by atoms with van der Waals surface area (Å²) >= 11 is 0. The van der Waals surface area contributed by atoms with Gasteiger partial charge in [0.05, 0.1) is 0 Å². The van der Waals surface area contributed by atoms with Crippen LogP contribution in [0.2, 0.25) is 0 Å². The molecule has 1 saturated carbocycles. The van der Waals surface area contributed by atoms with Gasteiger partial charge in [0, 0.05) is 18.4 Å². The van der Waals surface area contributed by atoms with Crippen LogP contribution in [-0.4, -0.2) is 42.3 Å². The Morgan fingerprint density at radius 2 is 1.67 bits per heavy atom. The van der Waals surface area contributed by atoms with Crippen molar-refractivity contribution < 1.29 is 24.2 Å². The molecule has 0 radical (unpaired) electrons. The van der Waals surface area contributed by atoms with Gasteiger partial charge in [-0.05, 0) is 54.4 Å². The fraction of sp³-hybridized carbons (Fsp3) is 0.423. The summed E-state index contributed by atoms with van der Waals surface area (Å²) < 4.78 is 5.59.